The first-order valence-electron chi connectivity index (χ1n) is 9.15. The smallest absolute Gasteiger partial charge is 0.123 e. The first kappa shape index (κ1) is 16.9. The number of rotatable bonds is 5. The van der Waals surface area contributed by atoms with Crippen molar-refractivity contribution in [3.63, 3.8) is 0 Å². The largest absolute Gasteiger partial charge is 0.310 e. The number of halogens is 1. The highest BCUT2D eigenvalue weighted by Crippen LogP contribution is 2.30. The zero-order valence-corrected chi connectivity index (χ0v) is 14.4. The second kappa shape index (κ2) is 8.22. The fraction of sp³-hybridized carbons (Fsp3) is 0.684. The van der Waals surface area contributed by atoms with Crippen molar-refractivity contribution in [2.24, 2.45) is 0 Å². The van der Waals surface area contributed by atoms with Gasteiger partial charge < -0.3 is 15.1 Å². The Kier molecular flexibility index (Phi) is 6.03. The molecule has 1 aromatic rings. The average molecular weight is 319 g/mol. The molecule has 1 saturated heterocycles. The molecule has 128 valence electrons. The van der Waals surface area contributed by atoms with E-state index in [1.807, 2.05) is 6.07 Å². The van der Waals surface area contributed by atoms with Crippen LogP contribution in [0.1, 0.15) is 42.9 Å². The topological polar surface area (TPSA) is 18.5 Å². The summed E-state index contributed by atoms with van der Waals surface area (Å²) in [6.45, 7) is 7.08. The van der Waals surface area contributed by atoms with Crippen LogP contribution in [0.5, 0.6) is 0 Å². The van der Waals surface area contributed by atoms with Crippen LogP contribution in [0.15, 0.2) is 18.2 Å². The van der Waals surface area contributed by atoms with Crippen molar-refractivity contribution in [1.29, 1.82) is 0 Å². The van der Waals surface area contributed by atoms with Gasteiger partial charge in [0.25, 0.3) is 0 Å². The zero-order valence-electron chi connectivity index (χ0n) is 14.4. The predicted octanol–water partition coefficient (Wildman–Crippen LogP) is 2.82. The average Bonchev–Trinajstić information content (AvgIpc) is 2.76. The molecular weight excluding hydrogens is 289 g/mol. The van der Waals surface area contributed by atoms with Gasteiger partial charge in [-0.3, -0.25) is 0 Å². The molecule has 1 unspecified atom stereocenters. The van der Waals surface area contributed by atoms with Gasteiger partial charge in [0.05, 0.1) is 0 Å². The molecule has 1 aliphatic carbocycles. The van der Waals surface area contributed by atoms with Gasteiger partial charge in [-0.2, -0.15) is 0 Å². The molecule has 1 atom stereocenters. The van der Waals surface area contributed by atoms with E-state index < -0.39 is 0 Å². The summed E-state index contributed by atoms with van der Waals surface area (Å²) in [5.41, 5.74) is 2.51. The van der Waals surface area contributed by atoms with Crippen molar-refractivity contribution in [3.05, 3.63) is 35.1 Å². The fourth-order valence-corrected chi connectivity index (χ4v) is 3.90. The van der Waals surface area contributed by atoms with E-state index in [0.717, 1.165) is 19.4 Å². The Hall–Kier alpha value is -0.970. The first-order valence-corrected chi connectivity index (χ1v) is 9.15. The summed E-state index contributed by atoms with van der Waals surface area (Å²) in [5.74, 6) is -0.101. The van der Waals surface area contributed by atoms with Crippen molar-refractivity contribution in [1.82, 2.24) is 15.1 Å². The summed E-state index contributed by atoms with van der Waals surface area (Å²) in [4.78, 5) is 5.02. The molecule has 3 rings (SSSR count). The van der Waals surface area contributed by atoms with E-state index in [2.05, 4.69) is 22.2 Å². The van der Waals surface area contributed by atoms with E-state index in [1.165, 1.54) is 63.1 Å². The zero-order chi connectivity index (χ0) is 16.1. The van der Waals surface area contributed by atoms with Crippen LogP contribution < -0.4 is 5.32 Å². The van der Waals surface area contributed by atoms with Crippen molar-refractivity contribution in [2.45, 2.75) is 38.1 Å². The predicted molar refractivity (Wildman–Crippen MR) is 93.3 cm³/mol. The molecule has 1 fully saturated rings. The molecule has 1 aromatic carbocycles. The molecule has 2 aliphatic rings. The van der Waals surface area contributed by atoms with Gasteiger partial charge >= 0.3 is 0 Å². The van der Waals surface area contributed by atoms with Crippen molar-refractivity contribution >= 4 is 0 Å². The molecule has 0 spiro atoms. The standard InChI is InChI=1S/C19H30FN3/c1-22-10-4-12-23(14-13-22)11-3-9-21-19-6-2-5-16-15-17(20)7-8-18(16)19/h7-8,15,19,21H,2-6,9-14H2,1H3. The van der Waals surface area contributed by atoms with E-state index in [1.54, 1.807) is 12.1 Å². The number of fused-ring (bicyclic) bond motifs is 1. The molecule has 1 heterocycles. The lowest BCUT2D eigenvalue weighted by Crippen LogP contribution is -2.32. The highest BCUT2D eigenvalue weighted by Gasteiger charge is 2.20. The molecule has 4 heteroatoms. The Balaban J connectivity index is 1.43. The Morgan fingerprint density at radius 1 is 1.17 bits per heavy atom. The molecule has 0 bridgehead atoms. The molecular formula is C19H30FN3. The Labute approximate surface area is 139 Å². The lowest BCUT2D eigenvalue weighted by molar-refractivity contribution is 0.270. The molecule has 3 nitrogen and oxygen atoms in total. The third-order valence-electron chi connectivity index (χ3n) is 5.27. The van der Waals surface area contributed by atoms with E-state index in [9.17, 15) is 4.39 Å². The fourth-order valence-electron chi connectivity index (χ4n) is 3.90. The first-order chi connectivity index (χ1) is 11.2. The molecule has 0 saturated carbocycles. The normalized spacial score (nSPS) is 23.5. The van der Waals surface area contributed by atoms with Gasteiger partial charge in [0, 0.05) is 19.1 Å². The van der Waals surface area contributed by atoms with Crippen LogP contribution in [0.4, 0.5) is 4.39 Å². The Bertz CT molecular complexity index is 505. The van der Waals surface area contributed by atoms with Gasteiger partial charge in [-0.05, 0) is 88.6 Å². The highest BCUT2D eigenvalue weighted by atomic mass is 19.1. The van der Waals surface area contributed by atoms with Crippen LogP contribution in [0.3, 0.4) is 0 Å². The number of nitrogens with zero attached hydrogens (tertiary/aromatic N) is 2. The molecule has 0 amide bonds. The number of hydrogen-bond donors (Lipinski definition) is 1. The van der Waals surface area contributed by atoms with Crippen LogP contribution in [-0.2, 0) is 6.42 Å². The van der Waals surface area contributed by atoms with Crippen molar-refractivity contribution in [3.8, 4) is 0 Å². The minimum atomic E-state index is -0.101. The summed E-state index contributed by atoms with van der Waals surface area (Å²) in [6, 6.07) is 5.71. The van der Waals surface area contributed by atoms with Crippen LogP contribution in [0, 0.1) is 5.82 Å². The van der Waals surface area contributed by atoms with Gasteiger partial charge in [0.1, 0.15) is 5.82 Å². The maximum absolute atomic E-state index is 13.4. The number of likely N-dealkylation sites (N-methyl/N-ethyl adjacent to an activating group) is 1. The summed E-state index contributed by atoms with van der Waals surface area (Å²) >= 11 is 0. The lowest BCUT2D eigenvalue weighted by Gasteiger charge is -2.27. The number of nitrogens with one attached hydrogen (secondary N) is 1. The minimum absolute atomic E-state index is 0.101. The van der Waals surface area contributed by atoms with Crippen LogP contribution in [-0.4, -0.2) is 56.1 Å². The van der Waals surface area contributed by atoms with Crippen LogP contribution in [0.25, 0.3) is 0 Å². The van der Waals surface area contributed by atoms with E-state index in [4.69, 9.17) is 0 Å². The second-order valence-corrected chi connectivity index (χ2v) is 7.09. The van der Waals surface area contributed by atoms with Gasteiger partial charge in [-0.25, -0.2) is 4.39 Å². The summed E-state index contributed by atoms with van der Waals surface area (Å²) < 4.78 is 13.4. The number of aryl methyl sites for hydroxylation is 1. The third-order valence-corrected chi connectivity index (χ3v) is 5.27. The number of benzene rings is 1. The molecule has 0 radical (unpaired) electrons. The van der Waals surface area contributed by atoms with Gasteiger partial charge in [0.15, 0.2) is 0 Å². The van der Waals surface area contributed by atoms with E-state index in [0.29, 0.717) is 6.04 Å². The maximum Gasteiger partial charge on any atom is 0.123 e. The lowest BCUT2D eigenvalue weighted by atomic mass is 9.87. The maximum atomic E-state index is 13.4. The minimum Gasteiger partial charge on any atom is -0.310 e. The van der Waals surface area contributed by atoms with Crippen LogP contribution >= 0.6 is 0 Å². The van der Waals surface area contributed by atoms with Gasteiger partial charge in [-0.15, -0.1) is 0 Å². The molecule has 1 aliphatic heterocycles. The van der Waals surface area contributed by atoms with Gasteiger partial charge in [-0.1, -0.05) is 6.07 Å². The second-order valence-electron chi connectivity index (χ2n) is 7.09. The van der Waals surface area contributed by atoms with Crippen molar-refractivity contribution in [2.75, 3.05) is 46.3 Å². The quantitative estimate of drug-likeness (QED) is 0.842. The van der Waals surface area contributed by atoms with E-state index >= 15 is 0 Å². The van der Waals surface area contributed by atoms with E-state index in [-0.39, 0.29) is 5.82 Å². The molecule has 1 N–H and O–H groups in total. The molecule has 0 aromatic heterocycles. The molecule has 23 heavy (non-hydrogen) atoms. The third kappa shape index (κ3) is 4.75. The van der Waals surface area contributed by atoms with Gasteiger partial charge in [0.2, 0.25) is 0 Å². The summed E-state index contributed by atoms with van der Waals surface area (Å²) in [5, 5.41) is 3.70. The summed E-state index contributed by atoms with van der Waals surface area (Å²) in [7, 11) is 2.22. The monoisotopic (exact) mass is 319 g/mol. The number of hydrogen-bond acceptors (Lipinski definition) is 3. The summed E-state index contributed by atoms with van der Waals surface area (Å²) in [6.07, 6.45) is 5.83. The Morgan fingerprint density at radius 3 is 3.00 bits per heavy atom. The van der Waals surface area contributed by atoms with Crippen LogP contribution in [0.2, 0.25) is 0 Å². The van der Waals surface area contributed by atoms with Crippen molar-refractivity contribution < 1.29 is 4.39 Å². The SMILES string of the molecule is CN1CCCN(CCCNC2CCCc3cc(F)ccc32)CC1. The Morgan fingerprint density at radius 2 is 2.09 bits per heavy atom. The highest BCUT2D eigenvalue weighted by molar-refractivity contribution is 5.32.